The zero-order valence-corrected chi connectivity index (χ0v) is 17.8. The lowest BCUT2D eigenvalue weighted by Gasteiger charge is -2.39. The van der Waals surface area contributed by atoms with Gasteiger partial charge in [0.15, 0.2) is 0 Å². The molecule has 2 aromatic carbocycles. The van der Waals surface area contributed by atoms with Crippen LogP contribution in [0.1, 0.15) is 25.0 Å². The summed E-state index contributed by atoms with van der Waals surface area (Å²) in [7, 11) is 0. The molecule has 32 heavy (non-hydrogen) atoms. The summed E-state index contributed by atoms with van der Waals surface area (Å²) in [6.07, 6.45) is -3.31. The molecule has 1 amide bonds. The van der Waals surface area contributed by atoms with Crippen LogP contribution in [-0.4, -0.2) is 43.0 Å². The fourth-order valence-electron chi connectivity index (χ4n) is 4.11. The molecule has 2 N–H and O–H groups in total. The molecule has 2 aliphatic heterocycles. The minimum atomic E-state index is -4.54. The van der Waals surface area contributed by atoms with Crippen molar-refractivity contribution in [3.8, 4) is 0 Å². The number of fused-ring (bicyclic) bond motifs is 1. The number of carbonyl (C=O) groups excluding carboxylic acids is 1. The summed E-state index contributed by atoms with van der Waals surface area (Å²) >= 11 is 0. The topological polar surface area (TPSA) is 47.6 Å². The van der Waals surface area contributed by atoms with E-state index in [0.29, 0.717) is 37.9 Å². The Bertz CT molecular complexity index is 1060. The zero-order valence-electron chi connectivity index (χ0n) is 17.8. The lowest BCUT2D eigenvalue weighted by Crippen LogP contribution is -2.49. The number of amides is 1. The third kappa shape index (κ3) is 4.29. The van der Waals surface area contributed by atoms with Gasteiger partial charge in [-0.2, -0.15) is 13.2 Å². The lowest BCUT2D eigenvalue weighted by molar-refractivity contribution is -0.137. The normalized spacial score (nSPS) is 18.3. The van der Waals surface area contributed by atoms with Gasteiger partial charge in [0.1, 0.15) is 5.82 Å². The number of hydrogen-bond donors (Lipinski definition) is 2. The van der Waals surface area contributed by atoms with Gasteiger partial charge in [-0.1, -0.05) is 6.07 Å². The van der Waals surface area contributed by atoms with E-state index in [1.807, 2.05) is 0 Å². The Labute approximate surface area is 183 Å². The van der Waals surface area contributed by atoms with Gasteiger partial charge in [0.2, 0.25) is 0 Å². The zero-order chi connectivity index (χ0) is 23.0. The molecule has 2 heterocycles. The van der Waals surface area contributed by atoms with Gasteiger partial charge >= 0.3 is 6.18 Å². The molecule has 0 bridgehead atoms. The van der Waals surface area contributed by atoms with Crippen molar-refractivity contribution in [3.63, 3.8) is 0 Å². The Kier molecular flexibility index (Phi) is 5.85. The molecule has 1 fully saturated rings. The van der Waals surface area contributed by atoms with Gasteiger partial charge in [0.25, 0.3) is 5.91 Å². The van der Waals surface area contributed by atoms with Crippen LogP contribution in [0.5, 0.6) is 0 Å². The number of halogens is 4. The first kappa shape index (κ1) is 22.1. The van der Waals surface area contributed by atoms with Crippen molar-refractivity contribution in [3.05, 3.63) is 59.5 Å². The number of alkyl halides is 3. The van der Waals surface area contributed by atoms with Crippen LogP contribution in [0.3, 0.4) is 0 Å². The second kappa shape index (κ2) is 8.46. The van der Waals surface area contributed by atoms with Crippen LogP contribution in [0.15, 0.2) is 42.6 Å². The lowest BCUT2D eigenvalue weighted by atomic mass is 10.1. The smallest absolute Gasteiger partial charge is 0.368 e. The van der Waals surface area contributed by atoms with E-state index in [1.165, 1.54) is 30.5 Å². The van der Waals surface area contributed by atoms with Crippen molar-refractivity contribution >= 4 is 28.5 Å². The molecule has 0 radical (unpaired) electrons. The molecule has 0 atom stereocenters. The van der Waals surface area contributed by atoms with Crippen molar-refractivity contribution in [1.29, 1.82) is 0 Å². The van der Waals surface area contributed by atoms with Crippen LogP contribution >= 0.6 is 0 Å². The highest BCUT2D eigenvalue weighted by Crippen LogP contribution is 2.39. The minimum Gasteiger partial charge on any atom is -0.368 e. The van der Waals surface area contributed by atoms with E-state index in [9.17, 15) is 22.4 Å². The molecule has 0 spiro atoms. The number of piperazine rings is 1. The molecule has 1 saturated heterocycles. The second-order valence-electron chi connectivity index (χ2n) is 8.17. The summed E-state index contributed by atoms with van der Waals surface area (Å²) in [4.78, 5) is 16.2. The van der Waals surface area contributed by atoms with Crippen LogP contribution in [0, 0.1) is 5.82 Å². The van der Waals surface area contributed by atoms with Crippen LogP contribution in [0.4, 0.5) is 34.6 Å². The number of hydrogen-bond acceptors (Lipinski definition) is 4. The van der Waals surface area contributed by atoms with Gasteiger partial charge in [0, 0.05) is 55.4 Å². The van der Waals surface area contributed by atoms with Crippen molar-refractivity contribution in [2.45, 2.75) is 26.1 Å². The fourth-order valence-corrected chi connectivity index (χ4v) is 4.11. The van der Waals surface area contributed by atoms with Crippen LogP contribution in [0.25, 0.3) is 5.57 Å². The van der Waals surface area contributed by atoms with E-state index in [-0.39, 0.29) is 22.5 Å². The van der Waals surface area contributed by atoms with Gasteiger partial charge in [-0.05, 0) is 44.2 Å². The SMILES string of the molecule is CC(C)N1CCN(c2ccc(N/C=C3/C(=O)Nc4cccc(F)c43)cc2C(F)(F)F)CC1. The molecule has 170 valence electrons. The Morgan fingerprint density at radius 1 is 1.09 bits per heavy atom. The molecule has 0 saturated carbocycles. The Hall–Kier alpha value is -3.07. The summed E-state index contributed by atoms with van der Waals surface area (Å²) in [6.45, 7) is 6.55. The summed E-state index contributed by atoms with van der Waals surface area (Å²) in [5, 5.41) is 5.28. The third-order valence-electron chi connectivity index (χ3n) is 5.85. The maximum atomic E-state index is 14.2. The standard InChI is InChI=1S/C23H24F4N4O/c1-14(2)30-8-10-31(11-9-30)20-7-6-15(12-17(20)23(25,26)27)28-13-16-21-18(24)4-3-5-19(21)29-22(16)32/h3-7,12-14,28H,8-11H2,1-2H3,(H,29,32)/b16-13+. The summed E-state index contributed by atoms with van der Waals surface area (Å²) in [6, 6.07) is 8.61. The van der Waals surface area contributed by atoms with Gasteiger partial charge in [-0.25, -0.2) is 4.39 Å². The van der Waals surface area contributed by atoms with Crippen LogP contribution in [-0.2, 0) is 11.0 Å². The molecule has 0 aromatic heterocycles. The Morgan fingerprint density at radius 2 is 1.81 bits per heavy atom. The first-order chi connectivity index (χ1) is 15.1. The Morgan fingerprint density at radius 3 is 2.47 bits per heavy atom. The molecule has 5 nitrogen and oxygen atoms in total. The second-order valence-corrected chi connectivity index (χ2v) is 8.17. The predicted molar refractivity (Wildman–Crippen MR) is 117 cm³/mol. The van der Waals surface area contributed by atoms with E-state index >= 15 is 0 Å². The molecule has 0 unspecified atom stereocenters. The molecule has 4 rings (SSSR count). The number of nitrogens with one attached hydrogen (secondary N) is 2. The van der Waals surface area contributed by atoms with E-state index in [0.717, 1.165) is 6.07 Å². The summed E-state index contributed by atoms with van der Waals surface area (Å²) < 4.78 is 55.7. The van der Waals surface area contributed by atoms with Crippen molar-refractivity contribution < 1.29 is 22.4 Å². The number of rotatable bonds is 4. The highest BCUT2D eigenvalue weighted by Gasteiger charge is 2.36. The summed E-state index contributed by atoms with van der Waals surface area (Å²) in [5.41, 5.74) is -0.00131. The predicted octanol–water partition coefficient (Wildman–Crippen LogP) is 4.78. The molecule has 2 aromatic rings. The maximum Gasteiger partial charge on any atom is 0.418 e. The van der Waals surface area contributed by atoms with Gasteiger partial charge in [0.05, 0.1) is 16.8 Å². The van der Waals surface area contributed by atoms with Gasteiger partial charge in [-0.3, -0.25) is 9.69 Å². The van der Waals surface area contributed by atoms with E-state index in [4.69, 9.17) is 0 Å². The Balaban J connectivity index is 1.60. The quantitative estimate of drug-likeness (QED) is 0.522. The molecular formula is C23H24F4N4O. The maximum absolute atomic E-state index is 14.2. The van der Waals surface area contributed by atoms with E-state index in [2.05, 4.69) is 29.4 Å². The molecule has 9 heteroatoms. The van der Waals surface area contributed by atoms with Crippen molar-refractivity contribution in [2.75, 3.05) is 41.7 Å². The average Bonchev–Trinajstić information content (AvgIpc) is 3.08. The monoisotopic (exact) mass is 448 g/mol. The first-order valence-corrected chi connectivity index (χ1v) is 10.4. The number of anilines is 3. The van der Waals surface area contributed by atoms with E-state index in [1.54, 1.807) is 11.0 Å². The van der Waals surface area contributed by atoms with Crippen molar-refractivity contribution in [1.82, 2.24) is 4.90 Å². The molecule has 0 aliphatic carbocycles. The summed E-state index contributed by atoms with van der Waals surface area (Å²) in [5.74, 6) is -1.10. The van der Waals surface area contributed by atoms with Crippen molar-refractivity contribution in [2.24, 2.45) is 0 Å². The van der Waals surface area contributed by atoms with Gasteiger partial charge in [-0.15, -0.1) is 0 Å². The highest BCUT2D eigenvalue weighted by molar-refractivity contribution is 6.31. The molecule has 2 aliphatic rings. The number of benzene rings is 2. The fraction of sp³-hybridized carbons (Fsp3) is 0.348. The largest absolute Gasteiger partial charge is 0.418 e. The average molecular weight is 448 g/mol. The van der Waals surface area contributed by atoms with E-state index < -0.39 is 23.5 Å². The minimum absolute atomic E-state index is 0.0283. The van der Waals surface area contributed by atoms with Gasteiger partial charge < -0.3 is 15.5 Å². The van der Waals surface area contributed by atoms with Crippen LogP contribution < -0.4 is 15.5 Å². The molecular weight excluding hydrogens is 424 g/mol. The van der Waals surface area contributed by atoms with Crippen LogP contribution in [0.2, 0.25) is 0 Å². The third-order valence-corrected chi connectivity index (χ3v) is 5.85. The number of nitrogens with zero attached hydrogens (tertiary/aromatic N) is 2. The highest BCUT2D eigenvalue weighted by atomic mass is 19.4. The number of carbonyl (C=O) groups is 1. The first-order valence-electron chi connectivity index (χ1n) is 10.4.